The van der Waals surface area contributed by atoms with Gasteiger partial charge in [0.15, 0.2) is 0 Å². The van der Waals surface area contributed by atoms with Crippen LogP contribution in [0.15, 0.2) is 66.7 Å². The lowest BCUT2D eigenvalue weighted by atomic mass is 9.85. The number of hydrogen-bond donors (Lipinski definition) is 0. The lowest BCUT2D eigenvalue weighted by molar-refractivity contribution is 0.735. The summed E-state index contributed by atoms with van der Waals surface area (Å²) in [6.45, 7) is 11.4. The molecule has 0 aliphatic rings. The summed E-state index contributed by atoms with van der Waals surface area (Å²) in [5.41, 5.74) is 7.03. The molecule has 0 N–H and O–H groups in total. The second-order valence-electron chi connectivity index (χ2n) is 8.60. The highest BCUT2D eigenvalue weighted by molar-refractivity contribution is 6.13. The van der Waals surface area contributed by atoms with Crippen LogP contribution >= 0.6 is 0 Å². The molecule has 0 radical (unpaired) electrons. The van der Waals surface area contributed by atoms with Crippen molar-refractivity contribution in [3.05, 3.63) is 83.4 Å². The van der Waals surface area contributed by atoms with Crippen molar-refractivity contribution in [2.24, 2.45) is 0 Å². The second-order valence-corrected chi connectivity index (χ2v) is 8.60. The predicted molar refractivity (Wildman–Crippen MR) is 129 cm³/mol. The van der Waals surface area contributed by atoms with E-state index in [2.05, 4.69) is 101 Å². The van der Waals surface area contributed by atoms with Crippen LogP contribution in [0.25, 0.3) is 32.7 Å². The van der Waals surface area contributed by atoms with Gasteiger partial charge in [0, 0.05) is 0 Å². The Morgan fingerprint density at radius 2 is 1.38 bits per heavy atom. The summed E-state index contributed by atoms with van der Waals surface area (Å²) in [5, 5.41) is 5.43. The van der Waals surface area contributed by atoms with Gasteiger partial charge in [-0.3, -0.25) is 0 Å². The Bertz CT molecular complexity index is 1170. The fraction of sp³-hybridized carbons (Fsp3) is 0.310. The topological polar surface area (TPSA) is 0 Å². The number of aryl methyl sites for hydroxylation is 1. The van der Waals surface area contributed by atoms with Crippen LogP contribution in [0.4, 0.5) is 0 Å². The first-order chi connectivity index (χ1) is 14.0. The molecule has 0 nitrogen and oxygen atoms in total. The van der Waals surface area contributed by atoms with E-state index < -0.39 is 0 Å². The Labute approximate surface area is 175 Å². The molecule has 0 aromatic heterocycles. The van der Waals surface area contributed by atoms with E-state index in [-0.39, 0.29) is 0 Å². The molecule has 0 fully saturated rings. The summed E-state index contributed by atoms with van der Waals surface area (Å²) in [4.78, 5) is 0. The first kappa shape index (κ1) is 19.7. The highest BCUT2D eigenvalue weighted by atomic mass is 14.2. The zero-order chi connectivity index (χ0) is 20.5. The van der Waals surface area contributed by atoms with Gasteiger partial charge in [0.25, 0.3) is 0 Å². The van der Waals surface area contributed by atoms with Gasteiger partial charge in [-0.15, -0.1) is 0 Å². The van der Waals surface area contributed by atoms with E-state index in [0.29, 0.717) is 11.8 Å². The highest BCUT2D eigenvalue weighted by Gasteiger charge is 2.16. The van der Waals surface area contributed by atoms with Crippen LogP contribution < -0.4 is 0 Å². The minimum absolute atomic E-state index is 0.555. The van der Waals surface area contributed by atoms with Crippen molar-refractivity contribution in [1.82, 2.24) is 0 Å². The normalized spacial score (nSPS) is 13.7. The lowest BCUT2D eigenvalue weighted by Gasteiger charge is -2.19. The van der Waals surface area contributed by atoms with Crippen molar-refractivity contribution in [1.29, 1.82) is 0 Å². The number of benzene rings is 4. The van der Waals surface area contributed by atoms with E-state index >= 15 is 0 Å². The fourth-order valence-corrected chi connectivity index (χ4v) is 4.55. The molecule has 0 aliphatic heterocycles. The summed E-state index contributed by atoms with van der Waals surface area (Å²) in [6, 6.07) is 25.3. The van der Waals surface area contributed by atoms with Crippen LogP contribution in [0.1, 0.15) is 69.1 Å². The number of hydrogen-bond acceptors (Lipinski definition) is 0. The molecular formula is C29H32. The average Bonchev–Trinajstić information content (AvgIpc) is 2.77. The average molecular weight is 381 g/mol. The summed E-state index contributed by atoms with van der Waals surface area (Å²) in [7, 11) is 0. The smallest absolute Gasteiger partial charge is 0.00730 e. The molecule has 2 atom stereocenters. The van der Waals surface area contributed by atoms with Crippen molar-refractivity contribution in [2.45, 2.75) is 59.3 Å². The SMILES string of the molecule is CCC(C)c1ccc2c(ccc3c(-c4ccccc4C(C)CC)c(C)ccc32)c1. The van der Waals surface area contributed by atoms with Gasteiger partial charge < -0.3 is 0 Å². The zero-order valence-electron chi connectivity index (χ0n) is 18.4. The van der Waals surface area contributed by atoms with E-state index in [1.165, 1.54) is 55.8 Å². The van der Waals surface area contributed by atoms with E-state index in [9.17, 15) is 0 Å². The minimum Gasteiger partial charge on any atom is -0.0648 e. The molecule has 4 aromatic carbocycles. The van der Waals surface area contributed by atoms with Crippen molar-refractivity contribution in [3.63, 3.8) is 0 Å². The van der Waals surface area contributed by atoms with Crippen LogP contribution in [0.5, 0.6) is 0 Å². The van der Waals surface area contributed by atoms with Gasteiger partial charge >= 0.3 is 0 Å². The Hall–Kier alpha value is -2.60. The summed E-state index contributed by atoms with van der Waals surface area (Å²) in [6.07, 6.45) is 2.33. The second kappa shape index (κ2) is 8.03. The van der Waals surface area contributed by atoms with Gasteiger partial charge in [-0.2, -0.15) is 0 Å². The van der Waals surface area contributed by atoms with Crippen molar-refractivity contribution < 1.29 is 0 Å². The molecular weight excluding hydrogens is 348 g/mol. The summed E-state index contributed by atoms with van der Waals surface area (Å²) >= 11 is 0. The standard InChI is InChI=1S/C29H32/c1-6-19(3)22-13-16-25-23(18-22)14-17-28-26(25)15-12-21(5)29(28)27-11-9-8-10-24(27)20(4)7-2/h8-20H,6-7H2,1-5H3. The molecule has 4 rings (SSSR count). The largest absolute Gasteiger partial charge is 0.0648 e. The maximum atomic E-state index is 2.38. The van der Waals surface area contributed by atoms with Crippen molar-refractivity contribution in [3.8, 4) is 11.1 Å². The summed E-state index contributed by atoms with van der Waals surface area (Å²) in [5.74, 6) is 1.16. The lowest BCUT2D eigenvalue weighted by Crippen LogP contribution is -1.97. The van der Waals surface area contributed by atoms with E-state index in [0.717, 1.165) is 6.42 Å². The Morgan fingerprint density at radius 1 is 0.690 bits per heavy atom. The molecule has 0 saturated heterocycles. The molecule has 0 bridgehead atoms. The number of rotatable bonds is 5. The third-order valence-electron chi connectivity index (χ3n) is 6.80. The quantitative estimate of drug-likeness (QED) is 0.303. The zero-order valence-corrected chi connectivity index (χ0v) is 18.4. The summed E-state index contributed by atoms with van der Waals surface area (Å²) < 4.78 is 0. The van der Waals surface area contributed by atoms with Crippen LogP contribution in [0, 0.1) is 6.92 Å². The van der Waals surface area contributed by atoms with Crippen molar-refractivity contribution in [2.75, 3.05) is 0 Å². The molecule has 0 heteroatoms. The molecule has 0 amide bonds. The molecule has 148 valence electrons. The Morgan fingerprint density at radius 3 is 2.14 bits per heavy atom. The van der Waals surface area contributed by atoms with Crippen LogP contribution in [-0.2, 0) is 0 Å². The van der Waals surface area contributed by atoms with E-state index in [1.807, 2.05) is 0 Å². The molecule has 0 heterocycles. The van der Waals surface area contributed by atoms with Gasteiger partial charge in [0.05, 0.1) is 0 Å². The fourth-order valence-electron chi connectivity index (χ4n) is 4.55. The first-order valence-electron chi connectivity index (χ1n) is 11.1. The number of fused-ring (bicyclic) bond motifs is 3. The van der Waals surface area contributed by atoms with E-state index in [4.69, 9.17) is 0 Å². The molecule has 4 aromatic rings. The first-order valence-corrected chi connectivity index (χ1v) is 11.1. The van der Waals surface area contributed by atoms with Crippen molar-refractivity contribution >= 4 is 21.5 Å². The maximum Gasteiger partial charge on any atom is -0.00730 e. The van der Waals surface area contributed by atoms with Crippen LogP contribution in [-0.4, -0.2) is 0 Å². The van der Waals surface area contributed by atoms with Gasteiger partial charge in [0.1, 0.15) is 0 Å². The predicted octanol–water partition coefficient (Wildman–Crippen LogP) is 9.00. The van der Waals surface area contributed by atoms with Crippen LogP contribution in [0.3, 0.4) is 0 Å². The molecule has 0 aliphatic carbocycles. The monoisotopic (exact) mass is 380 g/mol. The van der Waals surface area contributed by atoms with Gasteiger partial charge in [-0.05, 0) is 81.0 Å². The van der Waals surface area contributed by atoms with Gasteiger partial charge in [0.2, 0.25) is 0 Å². The molecule has 0 spiro atoms. The maximum absolute atomic E-state index is 2.38. The third-order valence-corrected chi connectivity index (χ3v) is 6.80. The molecule has 29 heavy (non-hydrogen) atoms. The Kier molecular flexibility index (Phi) is 5.46. The third kappa shape index (κ3) is 3.46. The van der Waals surface area contributed by atoms with Crippen LogP contribution in [0.2, 0.25) is 0 Å². The van der Waals surface area contributed by atoms with E-state index in [1.54, 1.807) is 0 Å². The van der Waals surface area contributed by atoms with Gasteiger partial charge in [-0.1, -0.05) is 94.4 Å². The minimum atomic E-state index is 0.555. The van der Waals surface area contributed by atoms with Gasteiger partial charge in [-0.25, -0.2) is 0 Å². The molecule has 2 unspecified atom stereocenters. The molecule has 0 saturated carbocycles. The highest BCUT2D eigenvalue weighted by Crippen LogP contribution is 2.39. The Balaban J connectivity index is 1.99.